The lowest BCUT2D eigenvalue weighted by molar-refractivity contribution is -0.161. The summed E-state index contributed by atoms with van der Waals surface area (Å²) in [5.41, 5.74) is -0.0620. The summed E-state index contributed by atoms with van der Waals surface area (Å²) in [6.45, 7) is 1.52. The van der Waals surface area contributed by atoms with E-state index < -0.39 is 24.0 Å². The van der Waals surface area contributed by atoms with Gasteiger partial charge < -0.3 is 25.7 Å². The summed E-state index contributed by atoms with van der Waals surface area (Å²) < 4.78 is 0. The molecule has 25 heavy (non-hydrogen) atoms. The van der Waals surface area contributed by atoms with E-state index in [1.807, 2.05) is 0 Å². The Morgan fingerprint density at radius 3 is 2.72 bits per heavy atom. The summed E-state index contributed by atoms with van der Waals surface area (Å²) in [5, 5.41) is 32.2. The number of carbonyl (C=O) groups excluding carboxylic acids is 2. The predicted molar refractivity (Wildman–Crippen MR) is 89.8 cm³/mol. The fraction of sp³-hybridized carbons (Fsp3) is 0.600. The van der Waals surface area contributed by atoms with Crippen molar-refractivity contribution in [3.05, 3.63) is 10.6 Å². The van der Waals surface area contributed by atoms with Gasteiger partial charge in [0.15, 0.2) is 0 Å². The number of carbonyl (C=O) groups is 3. The van der Waals surface area contributed by atoms with Crippen molar-refractivity contribution < 1.29 is 24.6 Å². The summed E-state index contributed by atoms with van der Waals surface area (Å²) >= 11 is 1.21. The molecule has 3 rings (SSSR count). The maximum atomic E-state index is 12.2. The van der Waals surface area contributed by atoms with Gasteiger partial charge in [-0.05, 0) is 13.3 Å². The fourth-order valence-corrected chi connectivity index (χ4v) is 5.02. The van der Waals surface area contributed by atoms with E-state index in [4.69, 9.17) is 5.41 Å². The molecule has 0 aromatic rings. The van der Waals surface area contributed by atoms with Crippen molar-refractivity contribution in [2.45, 2.75) is 43.2 Å². The number of aliphatic hydroxyl groups excluding tert-OH is 1. The van der Waals surface area contributed by atoms with Crippen LogP contribution >= 0.6 is 11.8 Å². The zero-order valence-electron chi connectivity index (χ0n) is 13.8. The Morgan fingerprint density at radius 2 is 2.16 bits per heavy atom. The van der Waals surface area contributed by atoms with E-state index in [9.17, 15) is 24.6 Å². The zero-order chi connectivity index (χ0) is 18.5. The molecule has 2 saturated heterocycles. The molecule has 1 unspecified atom stereocenters. The molecule has 136 valence electrons. The highest BCUT2D eigenvalue weighted by Gasteiger charge is 2.57. The standard InChI is InChI=1S/C15H20N4O5S/c1-5(20)10-7-4-8(11(15(23)24)19(7)14(10)22)25-9-3-6(13(21)17-2)18-12(9)16/h5-7,9-10,20H,3-4H2,1-2H3,(H2,16,18)(H,17,21)(H,23,24)/t5-,6+,7-,9?,10-/m1/s1. The van der Waals surface area contributed by atoms with Crippen LogP contribution in [0.5, 0.6) is 0 Å². The van der Waals surface area contributed by atoms with Crippen molar-refractivity contribution in [1.29, 1.82) is 5.41 Å². The smallest absolute Gasteiger partial charge is 0.353 e. The van der Waals surface area contributed by atoms with Gasteiger partial charge in [-0.1, -0.05) is 0 Å². The predicted octanol–water partition coefficient (Wildman–Crippen LogP) is -0.919. The third kappa shape index (κ3) is 2.78. The van der Waals surface area contributed by atoms with E-state index in [1.54, 1.807) is 0 Å². The van der Waals surface area contributed by atoms with Gasteiger partial charge in [-0.15, -0.1) is 11.8 Å². The first-order valence-corrected chi connectivity index (χ1v) is 8.85. The van der Waals surface area contributed by atoms with Crippen LogP contribution in [0, 0.1) is 11.3 Å². The average molecular weight is 368 g/mol. The Bertz CT molecular complexity index is 691. The second-order valence-electron chi connectivity index (χ2n) is 6.39. The molecule has 2 amide bonds. The van der Waals surface area contributed by atoms with Crippen LogP contribution in [-0.4, -0.2) is 69.2 Å². The molecule has 3 aliphatic rings. The number of β-lactam (4-membered cyclic amide) rings is 1. The van der Waals surface area contributed by atoms with Crippen molar-refractivity contribution in [2.24, 2.45) is 5.92 Å². The minimum absolute atomic E-state index is 0.0620. The van der Waals surface area contributed by atoms with Gasteiger partial charge >= 0.3 is 5.97 Å². The van der Waals surface area contributed by atoms with E-state index in [2.05, 4.69) is 10.6 Å². The Balaban J connectivity index is 1.78. The molecule has 3 heterocycles. The molecule has 0 spiro atoms. The number of carboxylic acid groups (broad SMARTS) is 1. The Morgan fingerprint density at radius 1 is 1.48 bits per heavy atom. The number of thioether (sulfide) groups is 1. The number of amidine groups is 1. The monoisotopic (exact) mass is 368 g/mol. The minimum Gasteiger partial charge on any atom is -0.477 e. The molecule has 10 heteroatoms. The molecule has 0 bridgehead atoms. The van der Waals surface area contributed by atoms with Crippen LogP contribution in [-0.2, 0) is 14.4 Å². The third-order valence-corrected chi connectivity index (χ3v) is 6.20. The first kappa shape index (κ1) is 17.7. The van der Waals surface area contributed by atoms with Crippen molar-refractivity contribution in [2.75, 3.05) is 7.05 Å². The van der Waals surface area contributed by atoms with E-state index >= 15 is 0 Å². The molecule has 0 radical (unpaired) electrons. The maximum absolute atomic E-state index is 12.2. The summed E-state index contributed by atoms with van der Waals surface area (Å²) in [6, 6.07) is -0.867. The van der Waals surface area contributed by atoms with Gasteiger partial charge in [0.05, 0.1) is 23.3 Å². The molecular formula is C15H20N4O5S. The maximum Gasteiger partial charge on any atom is 0.353 e. The number of amides is 2. The number of likely N-dealkylation sites (N-methyl/N-ethyl adjacent to an activating group) is 1. The largest absolute Gasteiger partial charge is 0.477 e. The van der Waals surface area contributed by atoms with Crippen LogP contribution in [0.3, 0.4) is 0 Å². The second-order valence-corrected chi connectivity index (χ2v) is 7.69. The van der Waals surface area contributed by atoms with Gasteiger partial charge in [0, 0.05) is 18.4 Å². The molecule has 3 aliphatic heterocycles. The molecule has 5 N–H and O–H groups in total. The van der Waals surface area contributed by atoms with Crippen molar-refractivity contribution in [3.63, 3.8) is 0 Å². The first-order chi connectivity index (χ1) is 11.8. The van der Waals surface area contributed by atoms with Crippen molar-refractivity contribution >= 4 is 35.4 Å². The quantitative estimate of drug-likeness (QED) is 0.395. The van der Waals surface area contributed by atoms with Crippen LogP contribution in [0.1, 0.15) is 19.8 Å². The number of fused-ring (bicyclic) bond motifs is 1. The van der Waals surface area contributed by atoms with E-state index in [1.165, 1.54) is 30.6 Å². The Hall–Kier alpha value is -2.07. The molecule has 0 aliphatic carbocycles. The average Bonchev–Trinajstić information content (AvgIpc) is 3.05. The molecule has 0 saturated carbocycles. The number of nitrogens with one attached hydrogen (secondary N) is 3. The van der Waals surface area contributed by atoms with Gasteiger partial charge in [-0.3, -0.25) is 15.0 Å². The zero-order valence-corrected chi connectivity index (χ0v) is 14.6. The molecule has 9 nitrogen and oxygen atoms in total. The lowest BCUT2D eigenvalue weighted by Crippen LogP contribution is -2.61. The van der Waals surface area contributed by atoms with Gasteiger partial charge in [-0.2, -0.15) is 0 Å². The van der Waals surface area contributed by atoms with Crippen LogP contribution in [0.2, 0.25) is 0 Å². The van der Waals surface area contributed by atoms with E-state index in [-0.39, 0.29) is 34.6 Å². The highest BCUT2D eigenvalue weighted by atomic mass is 32.2. The highest BCUT2D eigenvalue weighted by Crippen LogP contribution is 2.48. The van der Waals surface area contributed by atoms with Gasteiger partial charge in [-0.25, -0.2) is 4.79 Å². The number of rotatable bonds is 5. The van der Waals surface area contributed by atoms with Crippen LogP contribution < -0.4 is 10.6 Å². The fourth-order valence-electron chi connectivity index (χ4n) is 3.63. The van der Waals surface area contributed by atoms with Crippen molar-refractivity contribution in [1.82, 2.24) is 15.5 Å². The summed E-state index contributed by atoms with van der Waals surface area (Å²) in [6.07, 6.45) is -0.114. The number of hydrogen-bond acceptors (Lipinski definition) is 6. The third-order valence-electron chi connectivity index (χ3n) is 4.84. The normalized spacial score (nSPS) is 32.2. The topological polar surface area (TPSA) is 143 Å². The Kier molecular flexibility index (Phi) is 4.50. The summed E-state index contributed by atoms with van der Waals surface area (Å²) in [4.78, 5) is 37.3. The van der Waals surface area contributed by atoms with Gasteiger partial charge in [0.25, 0.3) is 0 Å². The SMILES string of the molecule is CNC(=O)[C@@H]1CC(SC2=C(C(=O)O)N3C(=O)[C@H]([C@@H](C)O)[C@H]3C2)C(=N)N1. The molecule has 0 aromatic carbocycles. The van der Waals surface area contributed by atoms with Crippen LogP contribution in [0.15, 0.2) is 10.6 Å². The van der Waals surface area contributed by atoms with E-state index in [0.717, 1.165) is 0 Å². The lowest BCUT2D eigenvalue weighted by Gasteiger charge is -2.44. The van der Waals surface area contributed by atoms with Gasteiger partial charge in [0.2, 0.25) is 11.8 Å². The van der Waals surface area contributed by atoms with Crippen LogP contribution in [0.25, 0.3) is 0 Å². The number of hydrogen-bond donors (Lipinski definition) is 5. The van der Waals surface area contributed by atoms with Crippen molar-refractivity contribution in [3.8, 4) is 0 Å². The van der Waals surface area contributed by atoms with Gasteiger partial charge in [0.1, 0.15) is 17.6 Å². The van der Waals surface area contributed by atoms with Crippen LogP contribution in [0.4, 0.5) is 0 Å². The molecule has 0 aromatic heterocycles. The number of aliphatic carboxylic acids is 1. The molecule has 2 fully saturated rings. The first-order valence-electron chi connectivity index (χ1n) is 7.97. The summed E-state index contributed by atoms with van der Waals surface area (Å²) in [7, 11) is 1.52. The minimum atomic E-state index is -1.19. The number of aliphatic hydroxyl groups is 1. The number of carboxylic acids is 1. The molecule has 5 atom stereocenters. The summed E-state index contributed by atoms with van der Waals surface area (Å²) in [5.74, 6) is -2.21. The highest BCUT2D eigenvalue weighted by molar-refractivity contribution is 8.04. The Labute approximate surface area is 148 Å². The second kappa shape index (κ2) is 6.34. The lowest BCUT2D eigenvalue weighted by atomic mass is 9.83. The molecular weight excluding hydrogens is 348 g/mol. The number of nitrogens with zero attached hydrogens (tertiary/aromatic N) is 1. The van der Waals surface area contributed by atoms with E-state index in [0.29, 0.717) is 17.7 Å².